The second kappa shape index (κ2) is 14.8. The number of aromatic nitrogens is 4. The van der Waals surface area contributed by atoms with Crippen molar-refractivity contribution >= 4 is 34.8 Å². The van der Waals surface area contributed by atoms with Crippen LogP contribution < -0.4 is 10.6 Å². The third kappa shape index (κ3) is 6.68. The van der Waals surface area contributed by atoms with E-state index in [1.54, 1.807) is 6.07 Å². The predicted octanol–water partition coefficient (Wildman–Crippen LogP) is 6.51. The summed E-state index contributed by atoms with van der Waals surface area (Å²) in [6.45, 7) is 7.08. The molecule has 2 amide bonds. The van der Waals surface area contributed by atoms with Crippen molar-refractivity contribution in [2.24, 2.45) is 14.1 Å². The van der Waals surface area contributed by atoms with Crippen LogP contribution in [0.4, 0.5) is 11.4 Å². The average molecular weight is 725 g/mol. The minimum absolute atomic E-state index is 0.234. The number of carbonyl (C=O) groups excluding carboxylic acids is 2. The summed E-state index contributed by atoms with van der Waals surface area (Å²) in [5.41, 5.74) is 7.92. The van der Waals surface area contributed by atoms with Crippen LogP contribution in [0.15, 0.2) is 36.4 Å². The van der Waals surface area contributed by atoms with Crippen molar-refractivity contribution in [1.29, 1.82) is 0 Å². The second-order valence-corrected chi connectivity index (χ2v) is 15.3. The molecule has 3 aliphatic heterocycles. The first-order valence-electron chi connectivity index (χ1n) is 18.9. The van der Waals surface area contributed by atoms with Crippen LogP contribution in [0.5, 0.6) is 0 Å². The first-order chi connectivity index (χ1) is 25.3. The van der Waals surface area contributed by atoms with E-state index in [1.165, 1.54) is 32.1 Å². The highest BCUT2D eigenvalue weighted by molar-refractivity contribution is 6.36. The van der Waals surface area contributed by atoms with Crippen molar-refractivity contribution < 1.29 is 14.3 Å². The van der Waals surface area contributed by atoms with E-state index in [-0.39, 0.29) is 11.8 Å². The molecule has 2 aromatic heterocycles. The monoisotopic (exact) mass is 724 g/mol. The zero-order valence-corrected chi connectivity index (χ0v) is 31.3. The minimum atomic E-state index is -0.300. The van der Waals surface area contributed by atoms with E-state index in [2.05, 4.69) is 20.4 Å². The van der Waals surface area contributed by atoms with Gasteiger partial charge in [0.25, 0.3) is 11.8 Å². The number of hydrogen-bond acceptors (Lipinski definition) is 7. The van der Waals surface area contributed by atoms with Crippen molar-refractivity contribution in [2.45, 2.75) is 89.9 Å². The molecule has 2 fully saturated rings. The quantitative estimate of drug-likeness (QED) is 0.224. The molecule has 1 saturated carbocycles. The van der Waals surface area contributed by atoms with Gasteiger partial charge in [-0.25, -0.2) is 9.97 Å². The van der Waals surface area contributed by atoms with Gasteiger partial charge in [-0.1, -0.05) is 55.1 Å². The molecule has 2 N–H and O–H groups in total. The molecule has 0 atom stereocenters. The number of amides is 2. The fourth-order valence-electron chi connectivity index (χ4n) is 8.88. The van der Waals surface area contributed by atoms with E-state index < -0.39 is 0 Å². The lowest BCUT2D eigenvalue weighted by atomic mass is 9.93. The molecule has 8 rings (SSSR count). The SMILES string of the molecule is Cc1c(NC(=O)c2nc3c(n2C)CCN(C2CCCCC2)C3)cccc1-c1cccc(NC(=O)c2nc3c(n2C)CCN(C2CCOCC2)C3)c1Cl. The number of anilines is 2. The van der Waals surface area contributed by atoms with Gasteiger partial charge in [-0.3, -0.25) is 19.4 Å². The minimum Gasteiger partial charge on any atom is -0.381 e. The largest absolute Gasteiger partial charge is 0.381 e. The standard InChI is InChI=1S/C40H49ClN8O3/c1-25-28(11-7-13-30(25)44-39(50)37-42-32-23-48(19-15-34(32)46(37)2)26-9-5-4-6-10-26)29-12-8-14-31(36(29)41)45-40(51)38-43-33-24-49(20-16-35(33)47(38)3)27-17-21-52-22-18-27/h7-8,11-14,26-27H,4-6,9-10,15-24H2,1-3H3,(H,44,50)(H,45,51). The van der Waals surface area contributed by atoms with E-state index in [1.807, 2.05) is 60.5 Å². The molecule has 0 unspecified atom stereocenters. The van der Waals surface area contributed by atoms with Crippen molar-refractivity contribution in [3.63, 3.8) is 0 Å². The summed E-state index contributed by atoms with van der Waals surface area (Å²) in [5.74, 6) is 0.266. The Morgan fingerprint density at radius 1 is 0.731 bits per heavy atom. The summed E-state index contributed by atoms with van der Waals surface area (Å²) < 4.78 is 9.45. The van der Waals surface area contributed by atoms with Gasteiger partial charge in [0, 0.05) is 101 Å². The van der Waals surface area contributed by atoms with Crippen LogP contribution >= 0.6 is 11.6 Å². The first-order valence-corrected chi connectivity index (χ1v) is 19.3. The van der Waals surface area contributed by atoms with Crippen LogP contribution in [-0.4, -0.2) is 79.1 Å². The van der Waals surface area contributed by atoms with Gasteiger partial charge in [-0.2, -0.15) is 0 Å². The molecular weight excluding hydrogens is 676 g/mol. The third-order valence-electron chi connectivity index (χ3n) is 11.9. The zero-order chi connectivity index (χ0) is 35.9. The van der Waals surface area contributed by atoms with Crippen LogP contribution in [0, 0.1) is 6.92 Å². The first kappa shape index (κ1) is 35.0. The predicted molar refractivity (Wildman–Crippen MR) is 203 cm³/mol. The van der Waals surface area contributed by atoms with E-state index in [4.69, 9.17) is 26.3 Å². The molecule has 5 heterocycles. The Morgan fingerprint density at radius 2 is 1.25 bits per heavy atom. The molecule has 52 heavy (non-hydrogen) atoms. The topological polar surface area (TPSA) is 110 Å². The Morgan fingerprint density at radius 3 is 1.85 bits per heavy atom. The number of nitrogens with one attached hydrogen (secondary N) is 2. The van der Waals surface area contributed by atoms with Crippen LogP contribution in [0.1, 0.15) is 94.5 Å². The zero-order valence-electron chi connectivity index (χ0n) is 30.5. The third-order valence-corrected chi connectivity index (χ3v) is 12.3. The number of hydrogen-bond donors (Lipinski definition) is 2. The van der Waals surface area contributed by atoms with Gasteiger partial charge in [0.15, 0.2) is 11.6 Å². The van der Waals surface area contributed by atoms with Gasteiger partial charge in [0.1, 0.15) is 0 Å². The maximum Gasteiger partial charge on any atom is 0.291 e. The number of benzene rings is 2. The van der Waals surface area contributed by atoms with Gasteiger partial charge in [-0.15, -0.1) is 0 Å². The molecule has 11 nitrogen and oxygen atoms in total. The normalized spacial score (nSPS) is 18.9. The summed E-state index contributed by atoms with van der Waals surface area (Å²) in [6, 6.07) is 12.5. The lowest BCUT2D eigenvalue weighted by molar-refractivity contribution is 0.0283. The molecule has 0 bridgehead atoms. The Hall–Kier alpha value is -4.03. The number of fused-ring (bicyclic) bond motifs is 2. The lowest BCUT2D eigenvalue weighted by Crippen LogP contribution is -2.42. The van der Waals surface area contributed by atoms with Gasteiger partial charge >= 0.3 is 0 Å². The molecular formula is C40H49ClN8O3. The fraction of sp³-hybridized carbons (Fsp3) is 0.500. The Balaban J connectivity index is 0.974. The molecule has 12 heteroatoms. The van der Waals surface area contributed by atoms with Crippen molar-refractivity contribution in [2.75, 3.05) is 36.9 Å². The van der Waals surface area contributed by atoms with Gasteiger partial charge in [0.05, 0.1) is 22.1 Å². The van der Waals surface area contributed by atoms with Crippen molar-refractivity contribution in [3.05, 3.63) is 81.4 Å². The van der Waals surface area contributed by atoms with Crippen LogP contribution in [0.25, 0.3) is 11.1 Å². The highest BCUT2D eigenvalue weighted by Crippen LogP contribution is 2.38. The number of rotatable bonds is 7. The smallest absolute Gasteiger partial charge is 0.291 e. The fourth-order valence-corrected chi connectivity index (χ4v) is 9.15. The summed E-state index contributed by atoms with van der Waals surface area (Å²) >= 11 is 7.03. The van der Waals surface area contributed by atoms with E-state index in [0.29, 0.717) is 40.1 Å². The molecule has 274 valence electrons. The van der Waals surface area contributed by atoms with E-state index >= 15 is 0 Å². The number of nitrogens with zero attached hydrogens (tertiary/aromatic N) is 6. The Bertz CT molecular complexity index is 1850. The molecule has 0 radical (unpaired) electrons. The molecule has 4 aromatic rings. The van der Waals surface area contributed by atoms with Gasteiger partial charge in [-0.05, 0) is 55.9 Å². The maximum atomic E-state index is 13.7. The maximum absolute atomic E-state index is 13.7. The highest BCUT2D eigenvalue weighted by atomic mass is 35.5. The highest BCUT2D eigenvalue weighted by Gasteiger charge is 2.32. The molecule has 4 aliphatic rings. The van der Waals surface area contributed by atoms with Crippen LogP contribution in [0.3, 0.4) is 0 Å². The summed E-state index contributed by atoms with van der Waals surface area (Å²) in [6.07, 6.45) is 10.3. The number of carbonyl (C=O) groups is 2. The number of imidazole rings is 2. The molecule has 0 spiro atoms. The van der Waals surface area contributed by atoms with Crippen LogP contribution in [-0.2, 0) is 44.8 Å². The van der Waals surface area contributed by atoms with E-state index in [0.717, 1.165) is 105 Å². The second-order valence-electron chi connectivity index (χ2n) is 14.9. The number of ether oxygens (including phenoxy) is 1. The Kier molecular flexibility index (Phi) is 9.95. The van der Waals surface area contributed by atoms with Crippen LogP contribution in [0.2, 0.25) is 5.02 Å². The van der Waals surface area contributed by atoms with Gasteiger partial charge in [0.2, 0.25) is 0 Å². The summed E-state index contributed by atoms with van der Waals surface area (Å²) in [5, 5.41) is 6.59. The lowest BCUT2D eigenvalue weighted by Gasteiger charge is -2.36. The summed E-state index contributed by atoms with van der Waals surface area (Å²) in [4.78, 5) is 42.1. The van der Waals surface area contributed by atoms with Gasteiger partial charge < -0.3 is 24.5 Å². The average Bonchev–Trinajstić information content (AvgIpc) is 3.69. The molecule has 2 aromatic carbocycles. The van der Waals surface area contributed by atoms with Crippen molar-refractivity contribution in [3.8, 4) is 11.1 Å². The van der Waals surface area contributed by atoms with Crippen molar-refractivity contribution in [1.82, 2.24) is 28.9 Å². The van der Waals surface area contributed by atoms with E-state index in [9.17, 15) is 9.59 Å². The summed E-state index contributed by atoms with van der Waals surface area (Å²) in [7, 11) is 3.86. The molecule has 1 saturated heterocycles. The molecule has 1 aliphatic carbocycles. The number of halogens is 1. The Labute approximate surface area is 310 Å².